The summed E-state index contributed by atoms with van der Waals surface area (Å²) < 4.78 is 11.2. The van der Waals surface area contributed by atoms with E-state index in [0.29, 0.717) is 45.3 Å². The number of nitrogens with one attached hydrogen (secondary N) is 1. The van der Waals surface area contributed by atoms with Crippen LogP contribution < -0.4 is 10.1 Å². The Balaban J connectivity index is 1.73. The molecule has 0 aromatic heterocycles. The lowest BCUT2D eigenvalue weighted by Gasteiger charge is -2.13. The van der Waals surface area contributed by atoms with Gasteiger partial charge >= 0.3 is 0 Å². The third-order valence-electron chi connectivity index (χ3n) is 4.17. The van der Waals surface area contributed by atoms with Gasteiger partial charge in [0.15, 0.2) is 0 Å². The number of ether oxygens (including phenoxy) is 2. The summed E-state index contributed by atoms with van der Waals surface area (Å²) in [6, 6.07) is 18.0. The number of carbonyl (C=O) groups is 1. The molecule has 0 saturated heterocycles. The van der Waals surface area contributed by atoms with Gasteiger partial charge in [-0.1, -0.05) is 65.1 Å². The molecule has 3 rings (SSSR count). The molecular formula is C22H18Cl3NO3. The minimum Gasteiger partial charge on any atom is -0.496 e. The molecule has 7 heteroatoms. The molecule has 0 aliphatic heterocycles. The molecule has 3 aromatic carbocycles. The molecule has 0 bridgehead atoms. The Kier molecular flexibility index (Phi) is 7.40. The van der Waals surface area contributed by atoms with Crippen molar-refractivity contribution in [3.05, 3.63) is 92.4 Å². The highest BCUT2D eigenvalue weighted by molar-refractivity contribution is 6.44. The molecular weight excluding hydrogens is 433 g/mol. The molecule has 0 aliphatic carbocycles. The van der Waals surface area contributed by atoms with Crippen molar-refractivity contribution < 1.29 is 14.3 Å². The minimum atomic E-state index is -0.336. The van der Waals surface area contributed by atoms with E-state index >= 15 is 0 Å². The zero-order chi connectivity index (χ0) is 20.8. The van der Waals surface area contributed by atoms with E-state index in [0.717, 1.165) is 11.1 Å². The zero-order valence-electron chi connectivity index (χ0n) is 15.5. The fourth-order valence-corrected chi connectivity index (χ4v) is 3.29. The number of hydrogen-bond acceptors (Lipinski definition) is 3. The van der Waals surface area contributed by atoms with Crippen LogP contribution in [0.5, 0.6) is 5.75 Å². The number of anilines is 1. The molecule has 3 aromatic rings. The Hall–Kier alpha value is -2.24. The first kappa shape index (κ1) is 21.5. The van der Waals surface area contributed by atoms with Crippen LogP contribution >= 0.6 is 34.8 Å². The maximum Gasteiger partial charge on any atom is 0.255 e. The Morgan fingerprint density at radius 2 is 1.62 bits per heavy atom. The molecule has 0 unspecified atom stereocenters. The quantitative estimate of drug-likeness (QED) is 0.411. The van der Waals surface area contributed by atoms with Crippen molar-refractivity contribution in [2.45, 2.75) is 13.2 Å². The van der Waals surface area contributed by atoms with Crippen LogP contribution in [0.3, 0.4) is 0 Å². The second-order valence-electron chi connectivity index (χ2n) is 6.21. The van der Waals surface area contributed by atoms with Crippen LogP contribution in [-0.2, 0) is 18.0 Å². The van der Waals surface area contributed by atoms with E-state index in [1.54, 1.807) is 25.3 Å². The van der Waals surface area contributed by atoms with E-state index in [4.69, 9.17) is 44.3 Å². The second kappa shape index (κ2) is 9.99. The lowest BCUT2D eigenvalue weighted by molar-refractivity contribution is 0.102. The summed E-state index contributed by atoms with van der Waals surface area (Å²) >= 11 is 18.1. The normalized spacial score (nSPS) is 10.6. The smallest absolute Gasteiger partial charge is 0.255 e. The number of hydrogen-bond donors (Lipinski definition) is 1. The summed E-state index contributed by atoms with van der Waals surface area (Å²) in [7, 11) is 1.57. The van der Waals surface area contributed by atoms with Crippen molar-refractivity contribution in [1.82, 2.24) is 0 Å². The van der Waals surface area contributed by atoms with E-state index in [1.165, 1.54) is 12.1 Å². The summed E-state index contributed by atoms with van der Waals surface area (Å²) in [6.07, 6.45) is 0. The fraction of sp³-hybridized carbons (Fsp3) is 0.136. The molecule has 0 atom stereocenters. The number of methoxy groups -OCH3 is 1. The molecule has 0 spiro atoms. The van der Waals surface area contributed by atoms with Crippen LogP contribution in [0.25, 0.3) is 0 Å². The topological polar surface area (TPSA) is 47.6 Å². The van der Waals surface area contributed by atoms with Crippen molar-refractivity contribution in [3.63, 3.8) is 0 Å². The second-order valence-corrected chi connectivity index (χ2v) is 7.43. The highest BCUT2D eigenvalue weighted by Gasteiger charge is 2.14. The lowest BCUT2D eigenvalue weighted by Crippen LogP contribution is -2.13. The molecule has 4 nitrogen and oxygen atoms in total. The first-order valence-corrected chi connectivity index (χ1v) is 9.86. The number of benzene rings is 3. The summed E-state index contributed by atoms with van der Waals surface area (Å²) in [5.41, 5.74) is 2.64. The molecule has 0 fully saturated rings. The van der Waals surface area contributed by atoms with Crippen molar-refractivity contribution in [2.24, 2.45) is 0 Å². The predicted molar refractivity (Wildman–Crippen MR) is 117 cm³/mol. The number of carbonyl (C=O) groups excluding carboxylic acids is 1. The third kappa shape index (κ3) is 5.64. The Morgan fingerprint density at radius 3 is 2.34 bits per heavy atom. The molecule has 0 heterocycles. The van der Waals surface area contributed by atoms with Crippen LogP contribution in [0.2, 0.25) is 15.1 Å². The highest BCUT2D eigenvalue weighted by atomic mass is 35.5. The average molecular weight is 451 g/mol. The van der Waals surface area contributed by atoms with Crippen LogP contribution in [0.1, 0.15) is 21.5 Å². The summed E-state index contributed by atoms with van der Waals surface area (Å²) in [5, 5.41) is 3.66. The van der Waals surface area contributed by atoms with Gasteiger partial charge in [0, 0.05) is 11.1 Å². The van der Waals surface area contributed by atoms with Crippen LogP contribution in [0, 0.1) is 0 Å². The molecule has 150 valence electrons. The van der Waals surface area contributed by atoms with Gasteiger partial charge in [0.05, 0.1) is 41.1 Å². The van der Waals surface area contributed by atoms with Crippen LogP contribution in [0.4, 0.5) is 5.69 Å². The summed E-state index contributed by atoms with van der Waals surface area (Å²) in [5.74, 6) is 0.305. The largest absolute Gasteiger partial charge is 0.496 e. The average Bonchev–Trinajstić information content (AvgIpc) is 2.72. The maximum absolute atomic E-state index is 12.7. The van der Waals surface area contributed by atoms with E-state index in [-0.39, 0.29) is 5.91 Å². The molecule has 1 amide bonds. The minimum absolute atomic E-state index is 0.298. The van der Waals surface area contributed by atoms with Crippen molar-refractivity contribution >= 4 is 46.4 Å². The zero-order valence-corrected chi connectivity index (χ0v) is 17.8. The van der Waals surface area contributed by atoms with Crippen LogP contribution in [0.15, 0.2) is 60.7 Å². The summed E-state index contributed by atoms with van der Waals surface area (Å²) in [6.45, 7) is 0.756. The first-order valence-electron chi connectivity index (χ1n) is 8.72. The van der Waals surface area contributed by atoms with Gasteiger partial charge in [0.2, 0.25) is 0 Å². The molecule has 0 radical (unpaired) electrons. The van der Waals surface area contributed by atoms with E-state index in [1.807, 2.05) is 30.3 Å². The van der Waals surface area contributed by atoms with E-state index in [9.17, 15) is 4.79 Å². The fourth-order valence-electron chi connectivity index (χ4n) is 2.70. The van der Waals surface area contributed by atoms with Gasteiger partial charge in [-0.15, -0.1) is 0 Å². The number of amides is 1. The Labute approximate surface area is 184 Å². The molecule has 0 saturated carbocycles. The molecule has 29 heavy (non-hydrogen) atoms. The predicted octanol–water partition coefficient (Wildman–Crippen LogP) is 6.62. The monoisotopic (exact) mass is 449 g/mol. The van der Waals surface area contributed by atoms with E-state index in [2.05, 4.69) is 5.32 Å². The van der Waals surface area contributed by atoms with Crippen molar-refractivity contribution in [1.29, 1.82) is 0 Å². The van der Waals surface area contributed by atoms with E-state index < -0.39 is 0 Å². The van der Waals surface area contributed by atoms with Crippen molar-refractivity contribution in [2.75, 3.05) is 12.4 Å². The van der Waals surface area contributed by atoms with Crippen LogP contribution in [-0.4, -0.2) is 13.0 Å². The standard InChI is InChI=1S/C22H18Cl3NO3/c1-28-21-8-7-15(9-16(21)13-29-12-14-5-3-2-4-6-14)22(27)26-20-11-18(24)17(23)10-19(20)25/h2-11H,12-13H2,1H3,(H,26,27). The number of halogens is 3. The third-order valence-corrected chi connectivity index (χ3v) is 5.20. The van der Waals surface area contributed by atoms with Gasteiger partial charge < -0.3 is 14.8 Å². The lowest BCUT2D eigenvalue weighted by atomic mass is 10.1. The van der Waals surface area contributed by atoms with Gasteiger partial charge in [-0.3, -0.25) is 4.79 Å². The van der Waals surface area contributed by atoms with Gasteiger partial charge in [0.1, 0.15) is 5.75 Å². The Morgan fingerprint density at radius 1 is 0.897 bits per heavy atom. The van der Waals surface area contributed by atoms with Gasteiger partial charge in [-0.25, -0.2) is 0 Å². The van der Waals surface area contributed by atoms with Gasteiger partial charge in [0.25, 0.3) is 5.91 Å². The summed E-state index contributed by atoms with van der Waals surface area (Å²) in [4.78, 5) is 12.7. The Bertz CT molecular complexity index is 1010. The van der Waals surface area contributed by atoms with Gasteiger partial charge in [-0.2, -0.15) is 0 Å². The number of rotatable bonds is 7. The highest BCUT2D eigenvalue weighted by Crippen LogP contribution is 2.32. The molecule has 1 N–H and O–H groups in total. The van der Waals surface area contributed by atoms with Gasteiger partial charge in [-0.05, 0) is 35.9 Å². The molecule has 0 aliphatic rings. The van der Waals surface area contributed by atoms with Crippen molar-refractivity contribution in [3.8, 4) is 5.75 Å². The first-order chi connectivity index (χ1) is 14.0. The SMILES string of the molecule is COc1ccc(C(=O)Nc2cc(Cl)c(Cl)cc2Cl)cc1COCc1ccccc1. The maximum atomic E-state index is 12.7.